The van der Waals surface area contributed by atoms with E-state index in [4.69, 9.17) is 4.74 Å². The number of sulfonamides is 1. The summed E-state index contributed by atoms with van der Waals surface area (Å²) in [6.45, 7) is 2.90. The van der Waals surface area contributed by atoms with Crippen molar-refractivity contribution in [3.63, 3.8) is 0 Å². The number of amides is 1. The van der Waals surface area contributed by atoms with Crippen LogP contribution in [0.3, 0.4) is 0 Å². The van der Waals surface area contributed by atoms with Gasteiger partial charge >= 0.3 is 0 Å². The Bertz CT molecular complexity index is 987. The molecule has 0 saturated carbocycles. The lowest BCUT2D eigenvalue weighted by Crippen LogP contribution is -2.28. The van der Waals surface area contributed by atoms with Crippen molar-refractivity contribution < 1.29 is 22.3 Å². The molecule has 0 spiro atoms. The van der Waals surface area contributed by atoms with Crippen molar-refractivity contribution in [3.05, 3.63) is 59.4 Å². The molecular formula is C22H27FN2O4S. The smallest absolute Gasteiger partial charge is 0.243 e. The van der Waals surface area contributed by atoms with Crippen LogP contribution in [0.1, 0.15) is 43.4 Å². The third-order valence-corrected chi connectivity index (χ3v) is 7.22. The third-order valence-electron chi connectivity index (χ3n) is 5.32. The quantitative estimate of drug-likeness (QED) is 0.691. The summed E-state index contributed by atoms with van der Waals surface area (Å²) < 4.78 is 45.6. The highest BCUT2D eigenvalue weighted by Crippen LogP contribution is 2.27. The summed E-state index contributed by atoms with van der Waals surface area (Å²) in [4.78, 5) is 12.6. The minimum absolute atomic E-state index is 0.176. The highest BCUT2D eigenvalue weighted by atomic mass is 32.2. The van der Waals surface area contributed by atoms with Crippen LogP contribution >= 0.6 is 0 Å². The van der Waals surface area contributed by atoms with Crippen LogP contribution in [0.5, 0.6) is 5.75 Å². The third kappa shape index (κ3) is 5.17. The van der Waals surface area contributed by atoms with E-state index in [-0.39, 0.29) is 29.1 Å². The number of halogens is 1. The molecule has 1 aliphatic rings. The second-order valence-electron chi connectivity index (χ2n) is 7.43. The van der Waals surface area contributed by atoms with E-state index < -0.39 is 10.0 Å². The Balaban J connectivity index is 1.67. The van der Waals surface area contributed by atoms with E-state index in [0.717, 1.165) is 18.4 Å². The summed E-state index contributed by atoms with van der Waals surface area (Å²) in [7, 11) is -2.02. The molecule has 1 N–H and O–H groups in total. The molecular weight excluding hydrogens is 407 g/mol. The zero-order valence-corrected chi connectivity index (χ0v) is 18.0. The van der Waals surface area contributed by atoms with Crippen molar-refractivity contribution in [1.29, 1.82) is 0 Å². The van der Waals surface area contributed by atoms with E-state index in [2.05, 4.69) is 5.32 Å². The Hall–Kier alpha value is -2.45. The first-order valence-corrected chi connectivity index (χ1v) is 11.5. The van der Waals surface area contributed by atoms with E-state index in [1.165, 1.54) is 23.5 Å². The summed E-state index contributed by atoms with van der Waals surface area (Å²) in [5.41, 5.74) is 1.48. The molecule has 0 aliphatic carbocycles. The van der Waals surface area contributed by atoms with Crippen molar-refractivity contribution in [3.8, 4) is 5.75 Å². The number of hydrogen-bond acceptors (Lipinski definition) is 4. The Kier molecular flexibility index (Phi) is 7.10. The van der Waals surface area contributed by atoms with Crippen LogP contribution in [-0.4, -0.2) is 38.8 Å². The predicted molar refractivity (Wildman–Crippen MR) is 112 cm³/mol. The van der Waals surface area contributed by atoms with Gasteiger partial charge in [0.1, 0.15) is 11.6 Å². The standard InChI is InChI=1S/C22H27FN2O4S/c1-16(17-5-8-19(23)9-6-17)24-22(26)12-7-18-15-20(10-11-21(18)29-2)30(27,28)25-13-3-4-14-25/h5-6,8-11,15-16H,3-4,7,12-14H2,1-2H3,(H,24,26)/t16-/m0/s1. The van der Waals surface area contributed by atoms with Gasteiger partial charge in [0.15, 0.2) is 0 Å². The van der Waals surface area contributed by atoms with Crippen LogP contribution in [0.25, 0.3) is 0 Å². The molecule has 30 heavy (non-hydrogen) atoms. The fourth-order valence-electron chi connectivity index (χ4n) is 3.58. The average Bonchev–Trinajstić information content (AvgIpc) is 3.28. The Morgan fingerprint density at radius 3 is 2.47 bits per heavy atom. The van der Waals surface area contributed by atoms with Gasteiger partial charge in [-0.3, -0.25) is 4.79 Å². The van der Waals surface area contributed by atoms with Gasteiger partial charge in [0.05, 0.1) is 18.0 Å². The molecule has 0 unspecified atom stereocenters. The highest BCUT2D eigenvalue weighted by Gasteiger charge is 2.27. The van der Waals surface area contributed by atoms with E-state index in [1.807, 2.05) is 6.92 Å². The second kappa shape index (κ2) is 9.57. The molecule has 8 heteroatoms. The molecule has 0 radical (unpaired) electrons. The van der Waals surface area contributed by atoms with Crippen LogP contribution in [0, 0.1) is 5.82 Å². The van der Waals surface area contributed by atoms with Gasteiger partial charge in [0.25, 0.3) is 0 Å². The monoisotopic (exact) mass is 434 g/mol. The fraction of sp³-hybridized carbons (Fsp3) is 0.409. The van der Waals surface area contributed by atoms with Gasteiger partial charge in [0, 0.05) is 19.5 Å². The van der Waals surface area contributed by atoms with Gasteiger partial charge in [-0.2, -0.15) is 4.31 Å². The molecule has 6 nitrogen and oxygen atoms in total. The molecule has 0 aromatic heterocycles. The number of carbonyl (C=O) groups is 1. The van der Waals surface area contributed by atoms with Crippen molar-refractivity contribution in [2.75, 3.05) is 20.2 Å². The molecule has 1 amide bonds. The number of hydrogen-bond donors (Lipinski definition) is 1. The van der Waals surface area contributed by atoms with Crippen LogP contribution in [0.4, 0.5) is 4.39 Å². The summed E-state index contributed by atoms with van der Waals surface area (Å²) in [5, 5.41) is 2.88. The SMILES string of the molecule is COc1ccc(S(=O)(=O)N2CCCC2)cc1CCC(=O)N[C@@H](C)c1ccc(F)cc1. The molecule has 3 rings (SSSR count). The van der Waals surface area contributed by atoms with Gasteiger partial charge in [-0.15, -0.1) is 0 Å². The number of ether oxygens (including phenoxy) is 1. The number of benzene rings is 2. The van der Waals surface area contributed by atoms with Crippen LogP contribution in [0.15, 0.2) is 47.4 Å². The first kappa shape index (κ1) is 22.2. The van der Waals surface area contributed by atoms with Gasteiger partial charge in [-0.25, -0.2) is 12.8 Å². The van der Waals surface area contributed by atoms with Crippen LogP contribution in [-0.2, 0) is 21.2 Å². The van der Waals surface area contributed by atoms with E-state index in [1.54, 1.807) is 30.3 Å². The lowest BCUT2D eigenvalue weighted by atomic mass is 10.1. The molecule has 2 aromatic rings. The molecule has 162 valence electrons. The van der Waals surface area contributed by atoms with Crippen LogP contribution < -0.4 is 10.1 Å². The summed E-state index contributed by atoms with van der Waals surface area (Å²) in [5.74, 6) is 0.0459. The zero-order chi connectivity index (χ0) is 21.7. The number of aryl methyl sites for hydroxylation is 1. The van der Waals surface area contributed by atoms with Gasteiger partial charge < -0.3 is 10.1 Å². The summed E-state index contributed by atoms with van der Waals surface area (Å²) in [6, 6.07) is 10.5. The molecule has 1 aliphatic heterocycles. The molecule has 0 bridgehead atoms. The lowest BCUT2D eigenvalue weighted by molar-refractivity contribution is -0.121. The van der Waals surface area contributed by atoms with Crippen molar-refractivity contribution >= 4 is 15.9 Å². The number of methoxy groups -OCH3 is 1. The Morgan fingerprint density at radius 2 is 1.83 bits per heavy atom. The van der Waals surface area contributed by atoms with Crippen molar-refractivity contribution in [2.24, 2.45) is 0 Å². The topological polar surface area (TPSA) is 75.7 Å². The average molecular weight is 435 g/mol. The summed E-state index contributed by atoms with van der Waals surface area (Å²) in [6.07, 6.45) is 2.26. The predicted octanol–water partition coefficient (Wildman–Crippen LogP) is 3.43. The first-order valence-electron chi connectivity index (χ1n) is 10.0. The maximum Gasteiger partial charge on any atom is 0.243 e. The normalized spacial score (nSPS) is 15.7. The molecule has 1 heterocycles. The minimum atomic E-state index is -3.54. The first-order chi connectivity index (χ1) is 14.3. The van der Waals surface area contributed by atoms with Crippen LogP contribution in [0.2, 0.25) is 0 Å². The molecule has 1 saturated heterocycles. The molecule has 2 aromatic carbocycles. The number of rotatable bonds is 8. The Morgan fingerprint density at radius 1 is 1.17 bits per heavy atom. The van der Waals surface area contributed by atoms with Gasteiger partial charge in [-0.05, 0) is 67.6 Å². The lowest BCUT2D eigenvalue weighted by Gasteiger charge is -2.18. The van der Waals surface area contributed by atoms with E-state index >= 15 is 0 Å². The van der Waals surface area contributed by atoms with Gasteiger partial charge in [0.2, 0.25) is 15.9 Å². The fourth-order valence-corrected chi connectivity index (χ4v) is 5.15. The maximum absolute atomic E-state index is 13.1. The molecule has 1 fully saturated rings. The highest BCUT2D eigenvalue weighted by molar-refractivity contribution is 7.89. The Labute approximate surface area is 177 Å². The largest absolute Gasteiger partial charge is 0.496 e. The second-order valence-corrected chi connectivity index (χ2v) is 9.36. The maximum atomic E-state index is 13.1. The van der Waals surface area contributed by atoms with Gasteiger partial charge in [-0.1, -0.05) is 12.1 Å². The van der Waals surface area contributed by atoms with Crippen molar-refractivity contribution in [1.82, 2.24) is 9.62 Å². The van der Waals surface area contributed by atoms with E-state index in [9.17, 15) is 17.6 Å². The molecule has 1 atom stereocenters. The number of nitrogens with zero attached hydrogens (tertiary/aromatic N) is 1. The van der Waals surface area contributed by atoms with E-state index in [0.29, 0.717) is 30.8 Å². The zero-order valence-electron chi connectivity index (χ0n) is 17.2. The summed E-state index contributed by atoms with van der Waals surface area (Å²) >= 11 is 0. The van der Waals surface area contributed by atoms with Crippen molar-refractivity contribution in [2.45, 2.75) is 43.5 Å². The minimum Gasteiger partial charge on any atom is -0.496 e. The number of carbonyl (C=O) groups excluding carboxylic acids is 1. The number of nitrogens with one attached hydrogen (secondary N) is 1.